The highest BCUT2D eigenvalue weighted by Crippen LogP contribution is 2.35. The Morgan fingerprint density at radius 1 is 1.24 bits per heavy atom. The first-order valence-electron chi connectivity index (χ1n) is 5.55. The highest BCUT2D eigenvalue weighted by atomic mass is 16.5. The van der Waals surface area contributed by atoms with Crippen LogP contribution in [0.2, 0.25) is 0 Å². The van der Waals surface area contributed by atoms with Crippen LogP contribution in [0.4, 0.5) is 0 Å². The summed E-state index contributed by atoms with van der Waals surface area (Å²) in [4.78, 5) is 11.9. The fourth-order valence-electron chi connectivity index (χ4n) is 2.22. The molecule has 3 rings (SSSR count). The normalized spacial score (nSPS) is 14.1. The zero-order valence-electron chi connectivity index (χ0n) is 9.74. The minimum atomic E-state index is -0.327. The number of allylic oxidation sites excluding steroid dienone is 1. The second-order valence-corrected chi connectivity index (χ2v) is 4.24. The Balaban J connectivity index is 2.54. The number of hydrogen-bond donors (Lipinski definition) is 0. The van der Waals surface area contributed by atoms with Crippen LogP contribution in [0.5, 0.6) is 5.75 Å². The number of fused-ring (bicyclic) bond motifs is 3. The molecule has 3 nitrogen and oxygen atoms in total. The highest BCUT2D eigenvalue weighted by molar-refractivity contribution is 5.91. The quantitative estimate of drug-likeness (QED) is 0.651. The van der Waals surface area contributed by atoms with Crippen molar-refractivity contribution in [3.8, 4) is 5.75 Å². The van der Waals surface area contributed by atoms with E-state index in [1.807, 2.05) is 32.1 Å². The average molecular weight is 228 g/mol. The van der Waals surface area contributed by atoms with Crippen LogP contribution in [0.3, 0.4) is 0 Å². The fourth-order valence-corrected chi connectivity index (χ4v) is 2.22. The van der Waals surface area contributed by atoms with Gasteiger partial charge in [-0.05, 0) is 37.1 Å². The van der Waals surface area contributed by atoms with E-state index in [1.54, 1.807) is 6.07 Å². The Morgan fingerprint density at radius 3 is 2.88 bits per heavy atom. The lowest BCUT2D eigenvalue weighted by atomic mass is 10.0. The molecule has 0 atom stereocenters. The second-order valence-electron chi connectivity index (χ2n) is 4.24. The first-order chi connectivity index (χ1) is 8.18. The minimum Gasteiger partial charge on any atom is -0.488 e. The smallest absolute Gasteiger partial charge is 0.347 e. The molecule has 86 valence electrons. The molecule has 2 heterocycles. The number of rotatable bonds is 0. The van der Waals surface area contributed by atoms with Gasteiger partial charge in [0.2, 0.25) is 0 Å². The topological polar surface area (TPSA) is 39.4 Å². The molecule has 0 bridgehead atoms. The van der Waals surface area contributed by atoms with Gasteiger partial charge in [-0.3, -0.25) is 0 Å². The molecule has 1 aromatic carbocycles. The molecular formula is C14H12O3. The molecule has 0 aliphatic carbocycles. The van der Waals surface area contributed by atoms with E-state index >= 15 is 0 Å². The highest BCUT2D eigenvalue weighted by Gasteiger charge is 2.20. The van der Waals surface area contributed by atoms with Crippen molar-refractivity contribution >= 4 is 16.5 Å². The van der Waals surface area contributed by atoms with Crippen LogP contribution in [0, 0.1) is 6.92 Å². The lowest BCUT2D eigenvalue weighted by Crippen LogP contribution is -2.14. The maximum atomic E-state index is 11.9. The molecule has 0 unspecified atom stereocenters. The molecule has 17 heavy (non-hydrogen) atoms. The Hall–Kier alpha value is -2.03. The van der Waals surface area contributed by atoms with Crippen LogP contribution < -0.4 is 10.4 Å². The molecular weight excluding hydrogens is 216 g/mol. The van der Waals surface area contributed by atoms with Crippen molar-refractivity contribution in [3.63, 3.8) is 0 Å². The van der Waals surface area contributed by atoms with Gasteiger partial charge in [-0.2, -0.15) is 0 Å². The van der Waals surface area contributed by atoms with Gasteiger partial charge in [0, 0.05) is 0 Å². The van der Waals surface area contributed by atoms with E-state index in [0.29, 0.717) is 23.5 Å². The third-order valence-electron chi connectivity index (χ3n) is 3.11. The summed E-state index contributed by atoms with van der Waals surface area (Å²) in [6, 6.07) is 5.65. The molecule has 3 heteroatoms. The molecule has 1 aromatic heterocycles. The standard InChI is InChI=1S/C14H12O3/c1-8-4-3-5-10-11(8)13-12(14(15)17-10)9(2)6-7-16-13/h3-6H,7H2,1-2H3. The SMILES string of the molecule is CC1=CCOc2c1c(=O)oc1cccc(C)c21. The summed E-state index contributed by atoms with van der Waals surface area (Å²) in [7, 11) is 0. The van der Waals surface area contributed by atoms with Crippen molar-refractivity contribution in [2.45, 2.75) is 13.8 Å². The first-order valence-corrected chi connectivity index (χ1v) is 5.55. The summed E-state index contributed by atoms with van der Waals surface area (Å²) < 4.78 is 11.0. The van der Waals surface area contributed by atoms with Crippen molar-refractivity contribution in [2.24, 2.45) is 0 Å². The van der Waals surface area contributed by atoms with Gasteiger partial charge >= 0.3 is 5.63 Å². The van der Waals surface area contributed by atoms with Crippen molar-refractivity contribution in [3.05, 3.63) is 45.8 Å². The first kappa shape index (κ1) is 10.1. The van der Waals surface area contributed by atoms with Crippen LogP contribution in [-0.4, -0.2) is 6.61 Å². The maximum absolute atomic E-state index is 11.9. The van der Waals surface area contributed by atoms with Crippen LogP contribution in [0.15, 0.2) is 33.5 Å². The number of ether oxygens (including phenoxy) is 1. The summed E-state index contributed by atoms with van der Waals surface area (Å²) in [5, 5.41) is 0.898. The van der Waals surface area contributed by atoms with Gasteiger partial charge in [0.1, 0.15) is 23.5 Å². The molecule has 0 fully saturated rings. The zero-order chi connectivity index (χ0) is 12.0. The summed E-state index contributed by atoms with van der Waals surface area (Å²) in [5.74, 6) is 0.661. The van der Waals surface area contributed by atoms with Crippen LogP contribution in [0.25, 0.3) is 16.5 Å². The van der Waals surface area contributed by atoms with E-state index < -0.39 is 0 Å². The lowest BCUT2D eigenvalue weighted by molar-refractivity contribution is 0.356. The van der Waals surface area contributed by atoms with Crippen molar-refractivity contribution in [1.82, 2.24) is 0 Å². The molecule has 2 aromatic rings. The molecule has 0 radical (unpaired) electrons. The zero-order valence-corrected chi connectivity index (χ0v) is 9.74. The maximum Gasteiger partial charge on any atom is 0.347 e. The number of aryl methyl sites for hydroxylation is 1. The average Bonchev–Trinajstić information content (AvgIpc) is 2.28. The number of benzene rings is 1. The molecule has 0 saturated carbocycles. The van der Waals surface area contributed by atoms with E-state index in [0.717, 1.165) is 16.5 Å². The molecule has 1 aliphatic heterocycles. The Kier molecular flexibility index (Phi) is 2.08. The fraction of sp³-hybridized carbons (Fsp3) is 0.214. The lowest BCUT2D eigenvalue weighted by Gasteiger charge is -2.17. The summed E-state index contributed by atoms with van der Waals surface area (Å²) in [5.41, 5.74) is 2.79. The van der Waals surface area contributed by atoms with E-state index in [-0.39, 0.29) is 5.63 Å². The van der Waals surface area contributed by atoms with Crippen molar-refractivity contribution in [1.29, 1.82) is 0 Å². The molecule has 0 amide bonds. The summed E-state index contributed by atoms with van der Waals surface area (Å²) in [6.07, 6.45) is 1.89. The van der Waals surface area contributed by atoms with Crippen LogP contribution in [-0.2, 0) is 0 Å². The van der Waals surface area contributed by atoms with E-state index in [4.69, 9.17) is 9.15 Å². The van der Waals surface area contributed by atoms with Gasteiger partial charge in [-0.25, -0.2) is 4.79 Å². The van der Waals surface area contributed by atoms with Gasteiger partial charge in [0.05, 0.1) is 5.39 Å². The third-order valence-corrected chi connectivity index (χ3v) is 3.11. The van der Waals surface area contributed by atoms with E-state index in [1.165, 1.54) is 0 Å². The van der Waals surface area contributed by atoms with Gasteiger partial charge < -0.3 is 9.15 Å². The Bertz CT molecular complexity index is 692. The van der Waals surface area contributed by atoms with Crippen molar-refractivity contribution in [2.75, 3.05) is 6.61 Å². The van der Waals surface area contributed by atoms with Gasteiger partial charge in [-0.1, -0.05) is 12.1 Å². The van der Waals surface area contributed by atoms with Crippen LogP contribution in [0.1, 0.15) is 18.1 Å². The number of hydrogen-bond acceptors (Lipinski definition) is 3. The molecule has 0 saturated heterocycles. The monoisotopic (exact) mass is 228 g/mol. The molecule has 0 spiro atoms. The summed E-state index contributed by atoms with van der Waals surface area (Å²) >= 11 is 0. The van der Waals surface area contributed by atoms with Gasteiger partial charge in [0.15, 0.2) is 0 Å². The Morgan fingerprint density at radius 2 is 2.06 bits per heavy atom. The van der Waals surface area contributed by atoms with Crippen LogP contribution >= 0.6 is 0 Å². The van der Waals surface area contributed by atoms with Crippen molar-refractivity contribution < 1.29 is 9.15 Å². The van der Waals surface area contributed by atoms with Gasteiger partial charge in [-0.15, -0.1) is 0 Å². The minimum absolute atomic E-state index is 0.327. The molecule has 0 N–H and O–H groups in total. The molecule has 1 aliphatic rings. The Labute approximate surface area is 98.3 Å². The predicted molar refractivity (Wildman–Crippen MR) is 66.4 cm³/mol. The summed E-state index contributed by atoms with van der Waals surface area (Å²) in [6.45, 7) is 4.40. The largest absolute Gasteiger partial charge is 0.488 e. The van der Waals surface area contributed by atoms with Gasteiger partial charge in [0.25, 0.3) is 0 Å². The second kappa shape index (κ2) is 3.48. The van der Waals surface area contributed by atoms with E-state index in [2.05, 4.69) is 0 Å². The third kappa shape index (κ3) is 1.39. The predicted octanol–water partition coefficient (Wildman–Crippen LogP) is 2.90. The van der Waals surface area contributed by atoms with E-state index in [9.17, 15) is 4.79 Å².